The van der Waals surface area contributed by atoms with Gasteiger partial charge in [-0.05, 0) is 24.3 Å². The van der Waals surface area contributed by atoms with Crippen LogP contribution in [0.3, 0.4) is 0 Å². The maximum absolute atomic E-state index is 12.6. The predicted molar refractivity (Wildman–Crippen MR) is 91.0 cm³/mol. The van der Waals surface area contributed by atoms with Gasteiger partial charge in [0.05, 0.1) is 17.2 Å². The normalized spacial score (nSPS) is 10.5. The highest BCUT2D eigenvalue weighted by molar-refractivity contribution is 6.32. The predicted octanol–water partition coefficient (Wildman–Crippen LogP) is 4.36. The van der Waals surface area contributed by atoms with E-state index in [2.05, 4.69) is 5.32 Å². The number of hydrogen-bond acceptors (Lipinski definition) is 4. The third kappa shape index (κ3) is 2.98. The van der Waals surface area contributed by atoms with E-state index in [0.29, 0.717) is 22.4 Å². The summed E-state index contributed by atoms with van der Waals surface area (Å²) in [7, 11) is 1.56. The van der Waals surface area contributed by atoms with Gasteiger partial charge in [-0.3, -0.25) is 4.79 Å². The molecule has 6 heteroatoms. The number of nitrogens with one attached hydrogen (secondary N) is 1. The highest BCUT2D eigenvalue weighted by Gasteiger charge is 2.20. The number of nitriles is 1. The van der Waals surface area contributed by atoms with Crippen molar-refractivity contribution >= 4 is 34.2 Å². The number of fused-ring (bicyclic) bond motifs is 1. The van der Waals surface area contributed by atoms with E-state index in [1.165, 1.54) is 6.07 Å². The first kappa shape index (κ1) is 16.1. The molecule has 0 aliphatic heterocycles. The monoisotopic (exact) mass is 340 g/mol. The molecule has 0 aliphatic rings. The molecule has 24 heavy (non-hydrogen) atoms. The molecule has 0 saturated heterocycles. The number of rotatable bonds is 4. The van der Waals surface area contributed by atoms with Gasteiger partial charge >= 0.3 is 0 Å². The van der Waals surface area contributed by atoms with Crippen molar-refractivity contribution in [1.82, 2.24) is 0 Å². The van der Waals surface area contributed by atoms with Crippen LogP contribution in [0, 0.1) is 11.3 Å². The molecular weight excluding hydrogens is 328 g/mol. The maximum atomic E-state index is 12.6. The number of ether oxygens (including phenoxy) is 1. The van der Waals surface area contributed by atoms with Crippen molar-refractivity contribution < 1.29 is 13.9 Å². The van der Waals surface area contributed by atoms with Gasteiger partial charge in [-0.25, -0.2) is 0 Å². The number of anilines is 1. The summed E-state index contributed by atoms with van der Waals surface area (Å²) in [5, 5.41) is 12.7. The van der Waals surface area contributed by atoms with Crippen LogP contribution in [0.5, 0.6) is 0 Å². The van der Waals surface area contributed by atoms with Gasteiger partial charge in [-0.15, -0.1) is 0 Å². The third-order valence-electron chi connectivity index (χ3n) is 3.54. The number of halogens is 1. The Balaban J connectivity index is 1.95. The first-order chi connectivity index (χ1) is 11.6. The standard InChI is InChI=1S/C18H13ClN2O3/c1-23-10-14-13-4-2-3-5-16(13)24-17(14)18(22)21-12-7-6-11(9-20)15(19)8-12/h2-8H,10H2,1H3,(H,21,22). The van der Waals surface area contributed by atoms with Crippen molar-refractivity contribution in [2.75, 3.05) is 12.4 Å². The van der Waals surface area contributed by atoms with Crippen LogP contribution in [0.15, 0.2) is 46.9 Å². The average Bonchev–Trinajstić information content (AvgIpc) is 2.94. The van der Waals surface area contributed by atoms with Crippen LogP contribution in [-0.2, 0) is 11.3 Å². The molecular formula is C18H13ClN2O3. The van der Waals surface area contributed by atoms with E-state index in [-0.39, 0.29) is 17.4 Å². The number of carbonyl (C=O) groups is 1. The fourth-order valence-corrected chi connectivity index (χ4v) is 2.66. The Labute approximate surface area is 143 Å². The molecule has 0 unspecified atom stereocenters. The first-order valence-corrected chi connectivity index (χ1v) is 7.52. The summed E-state index contributed by atoms with van der Waals surface area (Å²) in [6.07, 6.45) is 0. The zero-order valence-electron chi connectivity index (χ0n) is 12.8. The van der Waals surface area contributed by atoms with E-state index in [1.54, 1.807) is 25.3 Å². The van der Waals surface area contributed by atoms with Gasteiger partial charge < -0.3 is 14.5 Å². The molecule has 1 amide bonds. The number of para-hydroxylation sites is 1. The van der Waals surface area contributed by atoms with Crippen molar-refractivity contribution in [3.63, 3.8) is 0 Å². The Morgan fingerprint density at radius 1 is 1.33 bits per heavy atom. The first-order valence-electron chi connectivity index (χ1n) is 7.14. The minimum absolute atomic E-state index is 0.193. The summed E-state index contributed by atoms with van der Waals surface area (Å²) in [6.45, 7) is 0.258. The molecule has 0 aliphatic carbocycles. The topological polar surface area (TPSA) is 75.3 Å². The molecule has 5 nitrogen and oxygen atoms in total. The van der Waals surface area contributed by atoms with Gasteiger partial charge in [-0.2, -0.15) is 5.26 Å². The summed E-state index contributed by atoms with van der Waals surface area (Å²) in [6, 6.07) is 14.0. The molecule has 3 aromatic rings. The lowest BCUT2D eigenvalue weighted by atomic mass is 10.1. The summed E-state index contributed by atoms with van der Waals surface area (Å²) in [5.41, 5.74) is 2.13. The van der Waals surface area contributed by atoms with Crippen molar-refractivity contribution in [1.29, 1.82) is 5.26 Å². The molecule has 0 saturated carbocycles. The molecule has 0 fully saturated rings. The van der Waals surface area contributed by atoms with Gasteiger partial charge in [0, 0.05) is 23.7 Å². The van der Waals surface area contributed by atoms with Crippen LogP contribution in [0.25, 0.3) is 11.0 Å². The number of hydrogen-bond donors (Lipinski definition) is 1. The fraction of sp³-hybridized carbons (Fsp3) is 0.111. The summed E-state index contributed by atoms with van der Waals surface area (Å²) >= 11 is 5.99. The Bertz CT molecular complexity index is 957. The van der Waals surface area contributed by atoms with E-state index in [1.807, 2.05) is 24.3 Å². The molecule has 1 N–H and O–H groups in total. The van der Waals surface area contributed by atoms with Crippen molar-refractivity contribution in [2.24, 2.45) is 0 Å². The van der Waals surface area contributed by atoms with Crippen LogP contribution < -0.4 is 5.32 Å². The Morgan fingerprint density at radius 3 is 2.83 bits per heavy atom. The number of benzene rings is 2. The molecule has 0 spiro atoms. The number of furan rings is 1. The minimum atomic E-state index is -0.404. The molecule has 0 atom stereocenters. The molecule has 1 aromatic heterocycles. The molecule has 120 valence electrons. The largest absolute Gasteiger partial charge is 0.451 e. The summed E-state index contributed by atoms with van der Waals surface area (Å²) in [5.74, 6) is -0.211. The van der Waals surface area contributed by atoms with Gasteiger partial charge in [0.25, 0.3) is 5.91 Å². The van der Waals surface area contributed by atoms with E-state index >= 15 is 0 Å². The van der Waals surface area contributed by atoms with Crippen LogP contribution in [0.4, 0.5) is 5.69 Å². The maximum Gasteiger partial charge on any atom is 0.291 e. The summed E-state index contributed by atoms with van der Waals surface area (Å²) in [4.78, 5) is 12.6. The Morgan fingerprint density at radius 2 is 2.12 bits per heavy atom. The van der Waals surface area contributed by atoms with E-state index in [4.69, 9.17) is 26.0 Å². The zero-order chi connectivity index (χ0) is 17.1. The van der Waals surface area contributed by atoms with E-state index in [0.717, 1.165) is 5.39 Å². The molecule has 0 radical (unpaired) electrons. The SMILES string of the molecule is COCc1c(C(=O)Nc2ccc(C#N)c(Cl)c2)oc2ccccc12. The smallest absolute Gasteiger partial charge is 0.291 e. The molecule has 2 aromatic carbocycles. The molecule has 0 bridgehead atoms. The number of carbonyl (C=O) groups excluding carboxylic acids is 1. The van der Waals surface area contributed by atoms with Gasteiger partial charge in [0.1, 0.15) is 11.7 Å². The van der Waals surface area contributed by atoms with Crippen molar-refractivity contribution in [3.8, 4) is 6.07 Å². The number of nitrogens with zero attached hydrogens (tertiary/aromatic N) is 1. The summed E-state index contributed by atoms with van der Waals surface area (Å²) < 4.78 is 10.9. The Kier molecular flexibility index (Phi) is 4.52. The third-order valence-corrected chi connectivity index (χ3v) is 3.85. The highest BCUT2D eigenvalue weighted by atomic mass is 35.5. The lowest BCUT2D eigenvalue weighted by Gasteiger charge is -2.06. The quantitative estimate of drug-likeness (QED) is 0.765. The van der Waals surface area contributed by atoms with Crippen LogP contribution in [-0.4, -0.2) is 13.0 Å². The van der Waals surface area contributed by atoms with Crippen molar-refractivity contribution in [2.45, 2.75) is 6.61 Å². The fourth-order valence-electron chi connectivity index (χ4n) is 2.44. The molecule has 3 rings (SSSR count). The van der Waals surface area contributed by atoms with Crippen LogP contribution in [0.2, 0.25) is 5.02 Å². The highest BCUT2D eigenvalue weighted by Crippen LogP contribution is 2.28. The second-order valence-corrected chi connectivity index (χ2v) is 5.51. The lowest BCUT2D eigenvalue weighted by Crippen LogP contribution is -2.13. The van der Waals surface area contributed by atoms with Gasteiger partial charge in [0.15, 0.2) is 5.76 Å². The van der Waals surface area contributed by atoms with Crippen LogP contribution in [0.1, 0.15) is 21.7 Å². The average molecular weight is 341 g/mol. The zero-order valence-corrected chi connectivity index (χ0v) is 13.6. The second kappa shape index (κ2) is 6.75. The van der Waals surface area contributed by atoms with Crippen LogP contribution >= 0.6 is 11.6 Å². The van der Waals surface area contributed by atoms with E-state index in [9.17, 15) is 4.79 Å². The number of amides is 1. The molecule has 1 heterocycles. The van der Waals surface area contributed by atoms with Gasteiger partial charge in [-0.1, -0.05) is 29.8 Å². The lowest BCUT2D eigenvalue weighted by molar-refractivity contribution is 0.0992. The second-order valence-electron chi connectivity index (χ2n) is 5.10. The van der Waals surface area contributed by atoms with E-state index < -0.39 is 5.91 Å². The number of methoxy groups -OCH3 is 1. The Hall–Kier alpha value is -2.81. The van der Waals surface area contributed by atoms with Gasteiger partial charge in [0.2, 0.25) is 0 Å². The van der Waals surface area contributed by atoms with Crippen molar-refractivity contribution in [3.05, 3.63) is 64.4 Å². The minimum Gasteiger partial charge on any atom is -0.451 e.